The molecular formula is C20H16N4O3. The first-order valence-corrected chi connectivity index (χ1v) is 8.34. The predicted octanol–water partition coefficient (Wildman–Crippen LogP) is 3.11. The first-order chi connectivity index (χ1) is 13.2. The summed E-state index contributed by atoms with van der Waals surface area (Å²) in [7, 11) is 0. The van der Waals surface area contributed by atoms with E-state index in [9.17, 15) is 9.59 Å². The van der Waals surface area contributed by atoms with Gasteiger partial charge in [-0.25, -0.2) is 4.98 Å². The number of carbonyl (C=O) groups excluding carboxylic acids is 2. The van der Waals surface area contributed by atoms with Crippen LogP contribution < -0.4 is 10.6 Å². The molecule has 0 atom stereocenters. The summed E-state index contributed by atoms with van der Waals surface area (Å²) in [4.78, 5) is 28.6. The van der Waals surface area contributed by atoms with Gasteiger partial charge in [-0.1, -0.05) is 12.1 Å². The molecule has 7 nitrogen and oxygen atoms in total. The maximum atomic E-state index is 12.4. The van der Waals surface area contributed by atoms with Gasteiger partial charge in [-0.3, -0.25) is 9.59 Å². The van der Waals surface area contributed by atoms with Crippen molar-refractivity contribution in [2.24, 2.45) is 0 Å². The molecule has 0 aliphatic rings. The van der Waals surface area contributed by atoms with Crippen LogP contribution in [0.25, 0.3) is 5.65 Å². The van der Waals surface area contributed by atoms with Gasteiger partial charge in [0, 0.05) is 30.8 Å². The van der Waals surface area contributed by atoms with Gasteiger partial charge in [0.25, 0.3) is 11.8 Å². The molecule has 3 aromatic heterocycles. The molecule has 0 bridgehead atoms. The van der Waals surface area contributed by atoms with Crippen LogP contribution in [0.3, 0.4) is 0 Å². The monoisotopic (exact) mass is 360 g/mol. The summed E-state index contributed by atoms with van der Waals surface area (Å²) in [5.41, 5.74) is 2.82. The topological polar surface area (TPSA) is 88.6 Å². The lowest BCUT2D eigenvalue weighted by molar-refractivity contribution is 0.0949. The SMILES string of the molecule is O=C(NCc1cccc(NC(=O)c2ccco2)c1)c1ccc2nccn2c1. The van der Waals surface area contributed by atoms with Crippen LogP contribution in [0.15, 0.2) is 77.8 Å². The van der Waals surface area contributed by atoms with Crippen LogP contribution in [-0.2, 0) is 6.54 Å². The number of hydrogen-bond donors (Lipinski definition) is 2. The predicted molar refractivity (Wildman–Crippen MR) is 99.5 cm³/mol. The Bertz CT molecular complexity index is 1100. The minimum atomic E-state index is -0.324. The summed E-state index contributed by atoms with van der Waals surface area (Å²) in [6, 6.07) is 14.0. The van der Waals surface area contributed by atoms with E-state index in [1.54, 1.807) is 59.4 Å². The second kappa shape index (κ2) is 7.17. The smallest absolute Gasteiger partial charge is 0.291 e. The molecule has 2 N–H and O–H groups in total. The highest BCUT2D eigenvalue weighted by Crippen LogP contribution is 2.13. The van der Waals surface area contributed by atoms with E-state index in [0.29, 0.717) is 17.8 Å². The molecule has 134 valence electrons. The van der Waals surface area contributed by atoms with E-state index >= 15 is 0 Å². The molecule has 0 spiro atoms. The number of imidazole rings is 1. The van der Waals surface area contributed by atoms with Crippen LogP contribution in [0.5, 0.6) is 0 Å². The lowest BCUT2D eigenvalue weighted by atomic mass is 10.2. The van der Waals surface area contributed by atoms with E-state index in [1.807, 2.05) is 12.1 Å². The molecule has 3 heterocycles. The second-order valence-electron chi connectivity index (χ2n) is 5.92. The zero-order valence-electron chi connectivity index (χ0n) is 14.3. The summed E-state index contributed by atoms with van der Waals surface area (Å²) in [6.07, 6.45) is 6.65. The fraction of sp³-hybridized carbons (Fsp3) is 0.0500. The molecule has 2 amide bonds. The fourth-order valence-corrected chi connectivity index (χ4v) is 2.70. The number of hydrogen-bond acceptors (Lipinski definition) is 4. The van der Waals surface area contributed by atoms with Gasteiger partial charge in [0.15, 0.2) is 5.76 Å². The van der Waals surface area contributed by atoms with Crippen molar-refractivity contribution in [2.75, 3.05) is 5.32 Å². The maximum absolute atomic E-state index is 12.4. The third-order valence-corrected chi connectivity index (χ3v) is 4.03. The normalized spacial score (nSPS) is 10.7. The van der Waals surface area contributed by atoms with Crippen LogP contribution in [0.4, 0.5) is 5.69 Å². The van der Waals surface area contributed by atoms with Gasteiger partial charge < -0.3 is 19.5 Å². The molecule has 27 heavy (non-hydrogen) atoms. The average molecular weight is 360 g/mol. The summed E-state index contributed by atoms with van der Waals surface area (Å²) >= 11 is 0. The molecule has 1 aromatic carbocycles. The molecule has 4 aromatic rings. The Labute approximate surface area is 154 Å². The Balaban J connectivity index is 1.40. The molecule has 7 heteroatoms. The number of aromatic nitrogens is 2. The third-order valence-electron chi connectivity index (χ3n) is 4.03. The number of nitrogens with zero attached hydrogens (tertiary/aromatic N) is 2. The third kappa shape index (κ3) is 3.72. The molecule has 0 fully saturated rings. The van der Waals surface area contributed by atoms with Crippen LogP contribution in [-0.4, -0.2) is 21.2 Å². The average Bonchev–Trinajstić information content (AvgIpc) is 3.37. The van der Waals surface area contributed by atoms with Crippen molar-refractivity contribution in [3.63, 3.8) is 0 Å². The minimum Gasteiger partial charge on any atom is -0.459 e. The van der Waals surface area contributed by atoms with E-state index < -0.39 is 0 Å². The summed E-state index contributed by atoms with van der Waals surface area (Å²) in [6.45, 7) is 0.339. The van der Waals surface area contributed by atoms with Crippen molar-refractivity contribution in [3.05, 3.63) is 90.3 Å². The number of carbonyl (C=O) groups is 2. The van der Waals surface area contributed by atoms with Crippen LogP contribution in [0, 0.1) is 0 Å². The maximum Gasteiger partial charge on any atom is 0.291 e. The number of fused-ring (bicyclic) bond motifs is 1. The Morgan fingerprint density at radius 3 is 2.85 bits per heavy atom. The van der Waals surface area contributed by atoms with Crippen molar-refractivity contribution >= 4 is 23.1 Å². The van der Waals surface area contributed by atoms with E-state index in [-0.39, 0.29) is 17.6 Å². The number of nitrogens with one attached hydrogen (secondary N) is 2. The zero-order valence-corrected chi connectivity index (χ0v) is 14.3. The van der Waals surface area contributed by atoms with Gasteiger partial charge in [-0.2, -0.15) is 0 Å². The van der Waals surface area contributed by atoms with Crippen molar-refractivity contribution in [2.45, 2.75) is 6.54 Å². The molecule has 4 rings (SSSR count). The largest absolute Gasteiger partial charge is 0.459 e. The number of benzene rings is 1. The highest BCUT2D eigenvalue weighted by molar-refractivity contribution is 6.02. The highest BCUT2D eigenvalue weighted by Gasteiger charge is 2.10. The number of anilines is 1. The fourth-order valence-electron chi connectivity index (χ4n) is 2.70. The lowest BCUT2D eigenvalue weighted by Crippen LogP contribution is -2.23. The Hall–Kier alpha value is -3.87. The summed E-state index contributed by atoms with van der Waals surface area (Å²) < 4.78 is 6.87. The first-order valence-electron chi connectivity index (χ1n) is 8.34. The van der Waals surface area contributed by atoms with Gasteiger partial charge in [0.1, 0.15) is 5.65 Å². The summed E-state index contributed by atoms with van der Waals surface area (Å²) in [5, 5.41) is 5.64. The molecule has 0 aliphatic heterocycles. The van der Waals surface area contributed by atoms with Crippen LogP contribution >= 0.6 is 0 Å². The lowest BCUT2D eigenvalue weighted by Gasteiger charge is -2.08. The van der Waals surface area contributed by atoms with E-state index in [2.05, 4.69) is 15.6 Å². The number of amides is 2. The molecule has 0 saturated heterocycles. The van der Waals surface area contributed by atoms with Crippen molar-refractivity contribution < 1.29 is 14.0 Å². The van der Waals surface area contributed by atoms with Crippen molar-refractivity contribution in [1.29, 1.82) is 0 Å². The number of furan rings is 1. The van der Waals surface area contributed by atoms with Gasteiger partial charge in [0.2, 0.25) is 0 Å². The number of rotatable bonds is 5. The van der Waals surface area contributed by atoms with Gasteiger partial charge in [-0.05, 0) is 42.0 Å². The highest BCUT2D eigenvalue weighted by atomic mass is 16.3. The van der Waals surface area contributed by atoms with Crippen LogP contribution in [0.1, 0.15) is 26.5 Å². The molecule has 0 saturated carbocycles. The van der Waals surface area contributed by atoms with Gasteiger partial charge in [0.05, 0.1) is 11.8 Å². The van der Waals surface area contributed by atoms with Crippen LogP contribution in [0.2, 0.25) is 0 Å². The number of pyridine rings is 1. The van der Waals surface area contributed by atoms with Crippen molar-refractivity contribution in [1.82, 2.24) is 14.7 Å². The zero-order chi connectivity index (χ0) is 18.6. The molecular weight excluding hydrogens is 344 g/mol. The van der Waals surface area contributed by atoms with E-state index in [0.717, 1.165) is 11.2 Å². The first kappa shape index (κ1) is 16.6. The summed E-state index contributed by atoms with van der Waals surface area (Å²) in [5.74, 6) is -0.269. The molecule has 0 radical (unpaired) electrons. The van der Waals surface area contributed by atoms with Crippen molar-refractivity contribution in [3.8, 4) is 0 Å². The molecule has 0 unspecified atom stereocenters. The minimum absolute atomic E-state index is 0.185. The Morgan fingerprint density at radius 2 is 2.00 bits per heavy atom. The van der Waals surface area contributed by atoms with E-state index in [4.69, 9.17) is 4.42 Å². The standard InChI is InChI=1S/C20H16N4O3/c25-19(15-6-7-18-21-8-9-24(18)13-15)22-12-14-3-1-4-16(11-14)23-20(26)17-5-2-10-27-17/h1-11,13H,12H2,(H,22,25)(H,23,26). The van der Waals surface area contributed by atoms with Gasteiger partial charge in [-0.15, -0.1) is 0 Å². The second-order valence-corrected chi connectivity index (χ2v) is 5.92. The van der Waals surface area contributed by atoms with Gasteiger partial charge >= 0.3 is 0 Å². The Morgan fingerprint density at radius 1 is 1.07 bits per heavy atom. The molecule has 0 aliphatic carbocycles. The quantitative estimate of drug-likeness (QED) is 0.572. The Kier molecular flexibility index (Phi) is 4.40. The van der Waals surface area contributed by atoms with E-state index in [1.165, 1.54) is 6.26 Å².